The molecule has 54 heavy (non-hydrogen) atoms. The molecule has 4 rings (SSSR count). The van der Waals surface area contributed by atoms with E-state index in [1.807, 2.05) is 0 Å². The molecule has 0 radical (unpaired) electrons. The van der Waals surface area contributed by atoms with Crippen molar-refractivity contribution in [2.75, 3.05) is 0 Å². The average molecular weight is 782 g/mol. The largest absolute Gasteiger partial charge is 0.451 e. The molecule has 8 nitrogen and oxygen atoms in total. The summed E-state index contributed by atoms with van der Waals surface area (Å²) in [7, 11) is 0. The Morgan fingerprint density at radius 3 is 1.15 bits per heavy atom. The van der Waals surface area contributed by atoms with Gasteiger partial charge in [0.25, 0.3) is 0 Å². The minimum Gasteiger partial charge on any atom is -0.229 e. The first-order valence-electron chi connectivity index (χ1n) is 13.5. The molecule has 2 aromatic heterocycles. The molecule has 1 saturated carbocycles. The van der Waals surface area contributed by atoms with E-state index >= 15 is 8.78 Å². The summed E-state index contributed by atoms with van der Waals surface area (Å²) in [5.41, 5.74) is -28.1. The van der Waals surface area contributed by atoms with E-state index in [1.54, 1.807) is 0 Å². The first-order valence-corrected chi connectivity index (χ1v) is 13.5. The number of aryl methyl sites for hydroxylation is 2. The van der Waals surface area contributed by atoms with Crippen LogP contribution in [0.15, 0.2) is 16.7 Å². The van der Waals surface area contributed by atoms with Gasteiger partial charge in [-0.15, -0.1) is 0 Å². The van der Waals surface area contributed by atoms with Gasteiger partial charge in [-0.1, -0.05) is 0 Å². The molecule has 2 heterocycles. The van der Waals surface area contributed by atoms with Crippen LogP contribution in [-0.2, 0) is 24.7 Å². The molecule has 278 valence electrons. The number of halogens is 16. The van der Waals surface area contributed by atoms with Crippen LogP contribution < -0.4 is 0 Å². The molecule has 0 atom stereocenters. The normalized spacial score (nSPS) is 16.2. The fourth-order valence-electron chi connectivity index (χ4n) is 5.02. The van der Waals surface area contributed by atoms with E-state index in [2.05, 4.69) is 19.9 Å². The molecule has 24 heteroatoms. The number of hydrogen-bond acceptors (Lipinski definition) is 8. The standard InChI is InChI=1S/C30H6F16N8/c1-7-13(23(27(35,36)37)54-26(51-7)30(44,45)46)9(3-47)14-15(10(4-48)17-21(33)19(31)12(6-50)20(32)22(17)34)16(14)11(5-49)18-24(28(38,39)40)52-8(2)53-25(18)29(41,42)43/h1-2H3/b14-9?,15-10+,16-11-. The molecule has 0 aliphatic heterocycles. The first kappa shape index (κ1) is 40.2. The molecule has 0 spiro atoms. The summed E-state index contributed by atoms with van der Waals surface area (Å²) in [5, 5.41) is 38.9. The molecule has 0 bridgehead atoms. The highest BCUT2D eigenvalue weighted by Gasteiger charge is 2.51. The number of nitrogens with zero attached hydrogens (tertiary/aromatic N) is 8. The SMILES string of the molecule is Cc1nc(C(F)(F)F)c(/C(C#N)=C2/C(=C(C#N)c3c(C)nc(C(F)(F)F)nc3C(F)(F)F)/C2=C(/C#N)c2c(F)c(F)c(C#N)c(F)c2F)c(C(F)(F)F)n1. The van der Waals surface area contributed by atoms with E-state index in [9.17, 15) is 77.3 Å². The van der Waals surface area contributed by atoms with Crippen LogP contribution in [0, 0.1) is 82.4 Å². The van der Waals surface area contributed by atoms with Crippen LogP contribution in [0.3, 0.4) is 0 Å². The molecular formula is C30H6F16N8. The Hall–Kier alpha value is -6.56. The number of benzene rings is 1. The quantitative estimate of drug-likeness (QED) is 0.146. The van der Waals surface area contributed by atoms with Gasteiger partial charge in [-0.25, -0.2) is 37.5 Å². The Labute approximate surface area is 287 Å². The van der Waals surface area contributed by atoms with Crippen molar-refractivity contribution in [2.45, 2.75) is 38.6 Å². The third-order valence-corrected chi connectivity index (χ3v) is 7.07. The number of allylic oxidation sites excluding steroid dienone is 6. The third kappa shape index (κ3) is 6.73. The first-order chi connectivity index (χ1) is 24.7. The molecule has 1 aromatic carbocycles. The summed E-state index contributed by atoms with van der Waals surface area (Å²) >= 11 is 0. The Kier molecular flexibility index (Phi) is 9.78. The average Bonchev–Trinajstić information content (AvgIpc) is 3.75. The molecule has 3 aromatic rings. The molecule has 0 unspecified atom stereocenters. The lowest BCUT2D eigenvalue weighted by molar-refractivity contribution is -0.153. The third-order valence-electron chi connectivity index (χ3n) is 7.07. The minimum atomic E-state index is -6.00. The van der Waals surface area contributed by atoms with Gasteiger partial charge < -0.3 is 0 Å². The summed E-state index contributed by atoms with van der Waals surface area (Å²) in [4.78, 5) is 10.9. The highest BCUT2D eigenvalue weighted by atomic mass is 19.4. The van der Waals surface area contributed by atoms with Crippen molar-refractivity contribution in [3.63, 3.8) is 0 Å². The Morgan fingerprint density at radius 1 is 0.463 bits per heavy atom. The Balaban J connectivity index is 2.44. The van der Waals surface area contributed by atoms with Crippen LogP contribution in [0.1, 0.15) is 56.7 Å². The fourth-order valence-corrected chi connectivity index (χ4v) is 5.02. The second-order valence-corrected chi connectivity index (χ2v) is 10.4. The fraction of sp³-hybridized carbons (Fsp3) is 0.200. The summed E-state index contributed by atoms with van der Waals surface area (Å²) < 4.78 is 228. The zero-order valence-electron chi connectivity index (χ0n) is 25.6. The van der Waals surface area contributed by atoms with Crippen molar-refractivity contribution < 1.29 is 70.2 Å². The lowest BCUT2D eigenvalue weighted by atomic mass is 9.98. The summed E-state index contributed by atoms with van der Waals surface area (Å²) in [5.74, 6) is -14.1. The van der Waals surface area contributed by atoms with Crippen molar-refractivity contribution in [3.05, 3.63) is 96.7 Å². The molecule has 0 saturated heterocycles. The van der Waals surface area contributed by atoms with Crippen LogP contribution in [0.25, 0.3) is 16.7 Å². The van der Waals surface area contributed by atoms with Gasteiger partial charge in [0.05, 0.1) is 33.5 Å². The van der Waals surface area contributed by atoms with E-state index in [0.717, 1.165) is 18.2 Å². The number of nitriles is 4. The van der Waals surface area contributed by atoms with Gasteiger partial charge in [-0.2, -0.15) is 73.7 Å². The van der Waals surface area contributed by atoms with E-state index < -0.39 is 138 Å². The monoisotopic (exact) mass is 782 g/mol. The highest BCUT2D eigenvalue weighted by molar-refractivity contribution is 6.12. The summed E-state index contributed by atoms with van der Waals surface area (Å²) in [6, 6.07) is 3.39. The van der Waals surface area contributed by atoms with Gasteiger partial charge >= 0.3 is 24.7 Å². The zero-order valence-corrected chi connectivity index (χ0v) is 25.6. The smallest absolute Gasteiger partial charge is 0.229 e. The lowest BCUT2D eigenvalue weighted by Gasteiger charge is -2.17. The maximum Gasteiger partial charge on any atom is 0.451 e. The number of rotatable bonds is 3. The van der Waals surface area contributed by atoms with Gasteiger partial charge in [0.2, 0.25) is 5.82 Å². The molecular weight excluding hydrogens is 776 g/mol. The van der Waals surface area contributed by atoms with Crippen LogP contribution in [0.2, 0.25) is 0 Å². The van der Waals surface area contributed by atoms with Gasteiger partial charge in [0.15, 0.2) is 40.4 Å². The van der Waals surface area contributed by atoms with Gasteiger partial charge in [-0.3, -0.25) is 0 Å². The van der Waals surface area contributed by atoms with Crippen molar-refractivity contribution in [1.29, 1.82) is 21.0 Å². The second-order valence-electron chi connectivity index (χ2n) is 10.4. The maximum atomic E-state index is 15.2. The molecule has 0 amide bonds. The Bertz CT molecular complexity index is 2370. The molecule has 1 aliphatic carbocycles. The summed E-state index contributed by atoms with van der Waals surface area (Å²) in [6.45, 7) is 0.904. The number of aromatic nitrogens is 4. The van der Waals surface area contributed by atoms with Crippen molar-refractivity contribution in [1.82, 2.24) is 19.9 Å². The van der Waals surface area contributed by atoms with Crippen LogP contribution in [-0.4, -0.2) is 19.9 Å². The van der Waals surface area contributed by atoms with E-state index in [4.69, 9.17) is 5.26 Å². The number of hydrogen-bond donors (Lipinski definition) is 0. The predicted octanol–water partition coefficient (Wildman–Crippen LogP) is 8.63. The molecule has 1 fully saturated rings. The topological polar surface area (TPSA) is 147 Å². The highest BCUT2D eigenvalue weighted by Crippen LogP contribution is 2.58. The van der Waals surface area contributed by atoms with Crippen molar-refractivity contribution in [3.8, 4) is 24.3 Å². The van der Waals surface area contributed by atoms with Crippen molar-refractivity contribution in [2.24, 2.45) is 0 Å². The van der Waals surface area contributed by atoms with Gasteiger partial charge in [0.1, 0.15) is 35.7 Å². The Morgan fingerprint density at radius 2 is 0.815 bits per heavy atom. The lowest BCUT2D eigenvalue weighted by Crippen LogP contribution is -2.21. The second kappa shape index (κ2) is 13.1. The van der Waals surface area contributed by atoms with E-state index in [1.165, 1.54) is 0 Å². The van der Waals surface area contributed by atoms with Crippen molar-refractivity contribution >= 4 is 16.7 Å². The zero-order chi connectivity index (χ0) is 41.2. The van der Waals surface area contributed by atoms with E-state index in [-0.39, 0.29) is 0 Å². The van der Waals surface area contributed by atoms with Crippen LogP contribution in [0.5, 0.6) is 0 Å². The number of alkyl halides is 12. The maximum absolute atomic E-state index is 15.2. The van der Waals surface area contributed by atoms with Crippen LogP contribution in [0.4, 0.5) is 70.2 Å². The molecule has 1 aliphatic rings. The van der Waals surface area contributed by atoms with Gasteiger partial charge in [0, 0.05) is 22.3 Å². The summed E-state index contributed by atoms with van der Waals surface area (Å²) in [6.07, 6.45) is -23.6. The predicted molar refractivity (Wildman–Crippen MR) is 142 cm³/mol. The van der Waals surface area contributed by atoms with E-state index in [0.29, 0.717) is 19.9 Å². The van der Waals surface area contributed by atoms with Crippen LogP contribution >= 0.6 is 0 Å². The minimum absolute atomic E-state index is 0.382. The molecule has 0 N–H and O–H groups in total. The van der Waals surface area contributed by atoms with Gasteiger partial charge in [-0.05, 0) is 13.8 Å².